The molecule has 0 aliphatic carbocycles. The van der Waals surface area contributed by atoms with Crippen molar-refractivity contribution in [1.82, 2.24) is 9.80 Å². The van der Waals surface area contributed by atoms with E-state index in [-0.39, 0.29) is 12.8 Å². The molecule has 2 aromatic carbocycles. The fraction of sp³-hybridized carbons (Fsp3) is 0.316. The van der Waals surface area contributed by atoms with Crippen LogP contribution < -0.4 is 9.47 Å². The first-order chi connectivity index (χ1) is 11.8. The summed E-state index contributed by atoms with van der Waals surface area (Å²) in [6, 6.07) is 14.9. The first kappa shape index (κ1) is 13.7. The molecule has 0 N–H and O–H groups in total. The molecule has 1 atom stereocenters. The van der Waals surface area contributed by atoms with Crippen molar-refractivity contribution >= 4 is 11.6 Å². The number of benzene rings is 2. The summed E-state index contributed by atoms with van der Waals surface area (Å²) in [5, 5.41) is 0. The van der Waals surface area contributed by atoms with Crippen molar-refractivity contribution < 1.29 is 9.47 Å². The first-order valence-electron chi connectivity index (χ1n) is 8.44. The molecule has 0 aromatic heterocycles. The molecule has 24 heavy (non-hydrogen) atoms. The minimum Gasteiger partial charge on any atom is -0.454 e. The fourth-order valence-electron chi connectivity index (χ4n) is 3.82. The van der Waals surface area contributed by atoms with E-state index in [0.29, 0.717) is 0 Å². The molecule has 1 unspecified atom stereocenters. The number of likely N-dealkylation sites (N-methyl/N-ethyl adjacent to an activating group) is 1. The normalized spacial score (nSPS) is 20.7. The Hall–Kier alpha value is -2.69. The quantitative estimate of drug-likeness (QED) is 0.851. The molecule has 3 aliphatic rings. The lowest BCUT2D eigenvalue weighted by Crippen LogP contribution is -2.38. The van der Waals surface area contributed by atoms with Gasteiger partial charge in [0.2, 0.25) is 12.8 Å². The molecule has 0 saturated carbocycles. The van der Waals surface area contributed by atoms with Gasteiger partial charge in [0, 0.05) is 31.3 Å². The Morgan fingerprint density at radius 1 is 1.08 bits per heavy atom. The van der Waals surface area contributed by atoms with Crippen LogP contribution in [0, 0.1) is 0 Å². The lowest BCUT2D eigenvalue weighted by molar-refractivity contribution is 0.174. The summed E-state index contributed by atoms with van der Waals surface area (Å²) in [7, 11) is 0. The smallest absolute Gasteiger partial charge is 0.231 e. The van der Waals surface area contributed by atoms with E-state index < -0.39 is 0 Å². The van der Waals surface area contributed by atoms with Gasteiger partial charge in [0.05, 0.1) is 11.7 Å². The molecular weight excluding hydrogens is 302 g/mol. The number of hydrogen-bond acceptors (Lipinski definition) is 5. The summed E-state index contributed by atoms with van der Waals surface area (Å²) in [5.74, 6) is 2.68. The van der Waals surface area contributed by atoms with Crippen molar-refractivity contribution in [1.29, 1.82) is 0 Å². The van der Waals surface area contributed by atoms with Crippen LogP contribution in [0.25, 0.3) is 0 Å². The number of aliphatic imine (C=N–C) groups is 1. The van der Waals surface area contributed by atoms with Crippen molar-refractivity contribution in [3.8, 4) is 11.5 Å². The molecule has 122 valence electrons. The minimum atomic E-state index is 0.166. The third-order valence-electron chi connectivity index (χ3n) is 5.00. The number of rotatable bonds is 2. The van der Waals surface area contributed by atoms with Gasteiger partial charge in [0.1, 0.15) is 0 Å². The van der Waals surface area contributed by atoms with Gasteiger partial charge in [-0.1, -0.05) is 30.3 Å². The van der Waals surface area contributed by atoms with E-state index in [0.717, 1.165) is 42.8 Å². The molecule has 3 heterocycles. The van der Waals surface area contributed by atoms with Crippen molar-refractivity contribution in [3.05, 3.63) is 53.6 Å². The van der Waals surface area contributed by atoms with E-state index in [1.165, 1.54) is 11.1 Å². The largest absolute Gasteiger partial charge is 0.454 e. The van der Waals surface area contributed by atoms with Gasteiger partial charge in [0.25, 0.3) is 0 Å². The predicted molar refractivity (Wildman–Crippen MR) is 91.9 cm³/mol. The second kappa shape index (κ2) is 5.16. The summed E-state index contributed by atoms with van der Waals surface area (Å²) in [4.78, 5) is 9.69. The Bertz CT molecular complexity index is 819. The number of hydrogen-bond donors (Lipinski definition) is 0. The maximum atomic E-state index is 5.60. The highest BCUT2D eigenvalue weighted by Gasteiger charge is 2.38. The van der Waals surface area contributed by atoms with E-state index in [4.69, 9.17) is 14.5 Å². The van der Waals surface area contributed by atoms with Crippen LogP contribution in [0.5, 0.6) is 11.5 Å². The fourth-order valence-corrected chi connectivity index (χ4v) is 3.82. The van der Waals surface area contributed by atoms with Gasteiger partial charge in [0.15, 0.2) is 11.5 Å². The second-order valence-electron chi connectivity index (χ2n) is 6.26. The van der Waals surface area contributed by atoms with Gasteiger partial charge in [-0.05, 0) is 18.6 Å². The highest BCUT2D eigenvalue weighted by Crippen LogP contribution is 2.47. The molecule has 3 aliphatic heterocycles. The molecule has 0 radical (unpaired) electrons. The van der Waals surface area contributed by atoms with Gasteiger partial charge in [-0.25, -0.2) is 4.99 Å². The topological polar surface area (TPSA) is 37.3 Å². The number of guanidine groups is 1. The van der Waals surface area contributed by atoms with Crippen molar-refractivity contribution in [2.75, 3.05) is 26.4 Å². The zero-order valence-corrected chi connectivity index (χ0v) is 13.6. The van der Waals surface area contributed by atoms with Crippen LogP contribution in [0.3, 0.4) is 0 Å². The first-order valence-corrected chi connectivity index (χ1v) is 8.44. The number of fused-ring (bicyclic) bond motifs is 3. The second-order valence-corrected chi connectivity index (χ2v) is 6.26. The van der Waals surface area contributed by atoms with Crippen LogP contribution >= 0.6 is 0 Å². The van der Waals surface area contributed by atoms with Gasteiger partial charge in [-0.15, -0.1) is 0 Å². The SMILES string of the molecule is CCN1CCN2C1=Nc1cc3c(cc1C2c1ccccc1)OCO3. The Morgan fingerprint density at radius 3 is 2.67 bits per heavy atom. The van der Waals surface area contributed by atoms with Gasteiger partial charge in [-0.3, -0.25) is 0 Å². The van der Waals surface area contributed by atoms with Crippen LogP contribution in [0.15, 0.2) is 47.5 Å². The van der Waals surface area contributed by atoms with E-state index in [9.17, 15) is 0 Å². The van der Waals surface area contributed by atoms with Gasteiger partial charge < -0.3 is 19.3 Å². The summed E-state index contributed by atoms with van der Waals surface area (Å²) in [5.41, 5.74) is 3.45. The Balaban J connectivity index is 1.71. The van der Waals surface area contributed by atoms with Crippen LogP contribution in [0.1, 0.15) is 24.1 Å². The van der Waals surface area contributed by atoms with E-state index in [2.05, 4.69) is 53.1 Å². The third-order valence-corrected chi connectivity index (χ3v) is 5.00. The van der Waals surface area contributed by atoms with Crippen molar-refractivity contribution in [2.24, 2.45) is 4.99 Å². The van der Waals surface area contributed by atoms with Crippen LogP contribution in [0.4, 0.5) is 5.69 Å². The average Bonchev–Trinajstić information content (AvgIpc) is 3.24. The van der Waals surface area contributed by atoms with Crippen LogP contribution in [-0.4, -0.2) is 42.2 Å². The molecule has 1 fully saturated rings. The predicted octanol–water partition coefficient (Wildman–Crippen LogP) is 3.14. The monoisotopic (exact) mass is 321 g/mol. The lowest BCUT2D eigenvalue weighted by Gasteiger charge is -2.35. The number of nitrogens with zero attached hydrogens (tertiary/aromatic N) is 3. The van der Waals surface area contributed by atoms with Gasteiger partial charge in [-0.2, -0.15) is 0 Å². The van der Waals surface area contributed by atoms with E-state index in [1.54, 1.807) is 0 Å². The molecule has 1 saturated heterocycles. The maximum absolute atomic E-state index is 5.60. The standard InChI is InChI=1S/C19H19N3O2/c1-2-21-8-9-22-18(13-6-4-3-5-7-13)14-10-16-17(24-12-23-16)11-15(14)20-19(21)22/h3-7,10-11,18H,2,8-9,12H2,1H3. The molecular formula is C19H19N3O2. The van der Waals surface area contributed by atoms with Gasteiger partial charge >= 0.3 is 0 Å². The Morgan fingerprint density at radius 2 is 1.88 bits per heavy atom. The Labute approximate surface area is 141 Å². The zero-order chi connectivity index (χ0) is 16.1. The molecule has 0 bridgehead atoms. The summed E-state index contributed by atoms with van der Waals surface area (Å²) < 4.78 is 11.2. The molecule has 2 aromatic rings. The highest BCUT2D eigenvalue weighted by atomic mass is 16.7. The highest BCUT2D eigenvalue weighted by molar-refractivity contribution is 5.88. The zero-order valence-electron chi connectivity index (χ0n) is 13.6. The van der Waals surface area contributed by atoms with E-state index >= 15 is 0 Å². The lowest BCUT2D eigenvalue weighted by atomic mass is 9.94. The summed E-state index contributed by atoms with van der Waals surface area (Å²) in [6.07, 6.45) is 0. The van der Waals surface area contributed by atoms with Crippen molar-refractivity contribution in [3.63, 3.8) is 0 Å². The van der Waals surface area contributed by atoms with Crippen molar-refractivity contribution in [2.45, 2.75) is 13.0 Å². The van der Waals surface area contributed by atoms with Crippen LogP contribution in [-0.2, 0) is 0 Å². The van der Waals surface area contributed by atoms with Crippen LogP contribution in [0.2, 0.25) is 0 Å². The molecule has 0 amide bonds. The maximum Gasteiger partial charge on any atom is 0.231 e. The average molecular weight is 321 g/mol. The Kier molecular flexibility index (Phi) is 2.95. The summed E-state index contributed by atoms with van der Waals surface area (Å²) >= 11 is 0. The minimum absolute atomic E-state index is 0.166. The summed E-state index contributed by atoms with van der Waals surface area (Å²) in [6.45, 7) is 5.44. The third kappa shape index (κ3) is 1.90. The number of ether oxygens (including phenoxy) is 2. The molecule has 5 rings (SSSR count). The molecule has 0 spiro atoms. The molecule has 5 nitrogen and oxygen atoms in total. The molecule has 5 heteroatoms. The van der Waals surface area contributed by atoms with E-state index in [1.807, 2.05) is 6.07 Å².